The monoisotopic (exact) mass is 322 g/mol. The summed E-state index contributed by atoms with van der Waals surface area (Å²) in [6.45, 7) is 6.10. The van der Waals surface area contributed by atoms with Crippen LogP contribution in [0, 0.1) is 13.8 Å². The van der Waals surface area contributed by atoms with Crippen LogP contribution in [0.2, 0.25) is 0 Å². The molecule has 1 heterocycles. The van der Waals surface area contributed by atoms with E-state index in [9.17, 15) is 9.59 Å². The van der Waals surface area contributed by atoms with E-state index < -0.39 is 6.04 Å². The third kappa shape index (κ3) is 3.04. The van der Waals surface area contributed by atoms with E-state index in [4.69, 9.17) is 0 Å². The van der Waals surface area contributed by atoms with Gasteiger partial charge >= 0.3 is 0 Å². The zero-order valence-corrected chi connectivity index (χ0v) is 14.3. The van der Waals surface area contributed by atoms with Crippen molar-refractivity contribution < 1.29 is 9.59 Å². The Morgan fingerprint density at radius 2 is 1.79 bits per heavy atom. The first-order valence-corrected chi connectivity index (χ1v) is 8.29. The Balaban J connectivity index is 1.80. The summed E-state index contributed by atoms with van der Waals surface area (Å²) in [5.74, 6) is -0.351. The first-order valence-electron chi connectivity index (χ1n) is 8.29. The molecule has 3 rings (SSSR count). The third-order valence-electron chi connectivity index (χ3n) is 4.46. The molecule has 1 unspecified atom stereocenters. The molecule has 1 N–H and O–H groups in total. The smallest absolute Gasteiger partial charge is 0.256 e. The molecule has 1 fully saturated rings. The largest absolute Gasteiger partial charge is 0.373 e. The van der Waals surface area contributed by atoms with E-state index in [1.54, 1.807) is 0 Å². The number of nitrogens with one attached hydrogen (secondary N) is 1. The van der Waals surface area contributed by atoms with Gasteiger partial charge in [-0.3, -0.25) is 9.59 Å². The molecule has 1 atom stereocenters. The van der Waals surface area contributed by atoms with Crippen molar-refractivity contribution in [2.45, 2.75) is 39.7 Å². The summed E-state index contributed by atoms with van der Waals surface area (Å²) in [6.07, 6.45) is 1.11. The highest BCUT2D eigenvalue weighted by Crippen LogP contribution is 2.26. The normalized spacial score (nSPS) is 17.5. The van der Waals surface area contributed by atoms with E-state index in [1.165, 1.54) is 16.0 Å². The third-order valence-corrected chi connectivity index (χ3v) is 4.46. The Morgan fingerprint density at radius 3 is 2.42 bits per heavy atom. The molecule has 1 aliphatic rings. The second kappa shape index (κ2) is 6.48. The van der Waals surface area contributed by atoms with Crippen molar-refractivity contribution in [3.63, 3.8) is 0 Å². The van der Waals surface area contributed by atoms with Crippen LogP contribution in [0.15, 0.2) is 42.5 Å². The van der Waals surface area contributed by atoms with Gasteiger partial charge in [-0.25, -0.2) is 4.90 Å². The molecule has 0 saturated carbocycles. The maximum absolute atomic E-state index is 12.7. The Labute approximate surface area is 142 Å². The molecule has 0 radical (unpaired) electrons. The molecular weight excluding hydrogens is 300 g/mol. The van der Waals surface area contributed by atoms with Crippen molar-refractivity contribution >= 4 is 23.2 Å². The van der Waals surface area contributed by atoms with Crippen molar-refractivity contribution in [3.05, 3.63) is 59.2 Å². The van der Waals surface area contributed by atoms with Gasteiger partial charge in [-0.05, 0) is 49.6 Å². The Bertz CT molecular complexity index is 781. The standard InChI is InChI=1S/C20H22N2O2/c1-4-15-6-8-16(9-7-15)22-19(23)12-18(20(22)24)21-17-10-5-13(2)11-14(17)3/h5-11,18,21H,4,12H2,1-3H3. The van der Waals surface area contributed by atoms with Crippen LogP contribution in [0.25, 0.3) is 0 Å². The average Bonchev–Trinajstić information content (AvgIpc) is 2.84. The second-order valence-corrected chi connectivity index (χ2v) is 6.31. The summed E-state index contributed by atoms with van der Waals surface area (Å²) in [7, 11) is 0. The Hall–Kier alpha value is -2.62. The Kier molecular flexibility index (Phi) is 4.38. The summed E-state index contributed by atoms with van der Waals surface area (Å²) in [6, 6.07) is 13.1. The predicted molar refractivity (Wildman–Crippen MR) is 96.3 cm³/mol. The molecule has 1 aliphatic heterocycles. The van der Waals surface area contributed by atoms with E-state index in [2.05, 4.69) is 18.3 Å². The highest BCUT2D eigenvalue weighted by atomic mass is 16.2. The van der Waals surface area contributed by atoms with Gasteiger partial charge in [-0.2, -0.15) is 0 Å². The van der Waals surface area contributed by atoms with Crippen LogP contribution in [0.4, 0.5) is 11.4 Å². The molecule has 0 spiro atoms. The number of rotatable bonds is 4. The number of nitrogens with zero attached hydrogens (tertiary/aromatic N) is 1. The summed E-state index contributed by atoms with van der Waals surface area (Å²) in [4.78, 5) is 26.3. The molecule has 0 aliphatic carbocycles. The van der Waals surface area contributed by atoms with Crippen molar-refractivity contribution in [1.82, 2.24) is 0 Å². The molecule has 0 aromatic heterocycles. The van der Waals surface area contributed by atoms with E-state index >= 15 is 0 Å². The maximum Gasteiger partial charge on any atom is 0.256 e. The molecule has 0 bridgehead atoms. The van der Waals surface area contributed by atoms with Crippen LogP contribution in [0.5, 0.6) is 0 Å². The van der Waals surface area contributed by atoms with E-state index in [0.717, 1.165) is 17.7 Å². The number of carbonyl (C=O) groups is 2. The minimum atomic E-state index is -0.509. The lowest BCUT2D eigenvalue weighted by atomic mass is 10.1. The summed E-state index contributed by atoms with van der Waals surface area (Å²) < 4.78 is 0. The van der Waals surface area contributed by atoms with Crippen molar-refractivity contribution in [1.29, 1.82) is 0 Å². The number of benzene rings is 2. The van der Waals surface area contributed by atoms with Crippen LogP contribution >= 0.6 is 0 Å². The quantitative estimate of drug-likeness (QED) is 0.875. The molecule has 4 heteroatoms. The van der Waals surface area contributed by atoms with Crippen LogP contribution in [0.1, 0.15) is 30.0 Å². The fraction of sp³-hybridized carbons (Fsp3) is 0.300. The van der Waals surface area contributed by atoms with Crippen LogP contribution < -0.4 is 10.2 Å². The SMILES string of the molecule is CCc1ccc(N2C(=O)CC(Nc3ccc(C)cc3C)C2=O)cc1. The summed E-state index contributed by atoms with van der Waals surface area (Å²) in [5, 5.41) is 3.23. The van der Waals surface area contributed by atoms with Crippen LogP contribution in [0.3, 0.4) is 0 Å². The van der Waals surface area contributed by atoms with Gasteiger partial charge in [0.25, 0.3) is 5.91 Å². The van der Waals surface area contributed by atoms with Gasteiger partial charge in [-0.1, -0.05) is 36.8 Å². The second-order valence-electron chi connectivity index (χ2n) is 6.31. The van der Waals surface area contributed by atoms with Gasteiger partial charge < -0.3 is 5.32 Å². The van der Waals surface area contributed by atoms with E-state index in [1.807, 2.05) is 50.2 Å². The van der Waals surface area contributed by atoms with Gasteiger partial charge in [0.1, 0.15) is 6.04 Å². The van der Waals surface area contributed by atoms with E-state index in [-0.39, 0.29) is 18.2 Å². The molecular formula is C20H22N2O2. The van der Waals surface area contributed by atoms with Crippen molar-refractivity contribution in [3.8, 4) is 0 Å². The molecule has 2 aromatic carbocycles. The molecule has 124 valence electrons. The molecule has 24 heavy (non-hydrogen) atoms. The number of aryl methyl sites for hydroxylation is 3. The summed E-state index contributed by atoms with van der Waals surface area (Å²) >= 11 is 0. The van der Waals surface area contributed by atoms with E-state index in [0.29, 0.717) is 5.69 Å². The fourth-order valence-electron chi connectivity index (χ4n) is 3.06. The molecule has 1 saturated heterocycles. The van der Waals surface area contributed by atoms with Gasteiger partial charge in [-0.15, -0.1) is 0 Å². The topological polar surface area (TPSA) is 49.4 Å². The lowest BCUT2D eigenvalue weighted by Gasteiger charge is -2.17. The Morgan fingerprint density at radius 1 is 1.08 bits per heavy atom. The highest BCUT2D eigenvalue weighted by molar-refractivity contribution is 6.23. The number of imide groups is 1. The number of hydrogen-bond donors (Lipinski definition) is 1. The minimum absolute atomic E-state index is 0.161. The number of hydrogen-bond acceptors (Lipinski definition) is 3. The highest BCUT2D eigenvalue weighted by Gasteiger charge is 2.39. The predicted octanol–water partition coefficient (Wildman–Crippen LogP) is 3.61. The van der Waals surface area contributed by atoms with Gasteiger partial charge in [0, 0.05) is 5.69 Å². The molecule has 2 aromatic rings. The summed E-state index contributed by atoms with van der Waals surface area (Å²) in [5.41, 5.74) is 4.97. The fourth-order valence-corrected chi connectivity index (χ4v) is 3.06. The van der Waals surface area contributed by atoms with Crippen LogP contribution in [-0.2, 0) is 16.0 Å². The molecule has 4 nitrogen and oxygen atoms in total. The van der Waals surface area contributed by atoms with Crippen LogP contribution in [-0.4, -0.2) is 17.9 Å². The zero-order valence-electron chi connectivity index (χ0n) is 14.3. The maximum atomic E-state index is 12.7. The van der Waals surface area contributed by atoms with Crippen molar-refractivity contribution in [2.75, 3.05) is 10.2 Å². The minimum Gasteiger partial charge on any atom is -0.373 e. The number of amides is 2. The first kappa shape index (κ1) is 16.2. The lowest BCUT2D eigenvalue weighted by molar-refractivity contribution is -0.121. The number of anilines is 2. The van der Waals surface area contributed by atoms with Gasteiger partial charge in [0.15, 0.2) is 0 Å². The number of carbonyl (C=O) groups excluding carboxylic acids is 2. The van der Waals surface area contributed by atoms with Crippen molar-refractivity contribution in [2.24, 2.45) is 0 Å². The average molecular weight is 322 g/mol. The molecule has 2 amide bonds. The first-order chi connectivity index (χ1) is 11.5. The lowest BCUT2D eigenvalue weighted by Crippen LogP contribution is -2.34. The van der Waals surface area contributed by atoms with Gasteiger partial charge in [0.05, 0.1) is 12.1 Å². The van der Waals surface area contributed by atoms with Gasteiger partial charge in [0.2, 0.25) is 5.91 Å². The zero-order chi connectivity index (χ0) is 17.3.